The standard InChI is InChI=1S/C48H91NO5/c1-3-5-7-9-11-13-14-15-16-17-18-22-26-30-34-38-42-48(53)54-43-39-35-31-27-23-20-19-21-25-29-33-37-41-47(52)49-45(44-50)46(51)40-36-32-28-24-12-10-8-6-4-2/h16-17,20,23,45-46,50-51H,3-15,18-19,21-22,24-44H2,1-2H3,(H,49,52)/b17-16-,23-20-. The molecule has 0 saturated carbocycles. The van der Waals surface area contributed by atoms with Gasteiger partial charge in [-0.3, -0.25) is 9.59 Å². The number of allylic oxidation sites excluding steroid dienone is 4. The molecule has 318 valence electrons. The number of aliphatic hydroxyl groups excluding tert-OH is 2. The van der Waals surface area contributed by atoms with Crippen LogP contribution in [0.25, 0.3) is 0 Å². The lowest BCUT2D eigenvalue weighted by molar-refractivity contribution is -0.143. The van der Waals surface area contributed by atoms with Crippen LogP contribution < -0.4 is 5.32 Å². The van der Waals surface area contributed by atoms with Gasteiger partial charge in [-0.25, -0.2) is 0 Å². The Morgan fingerprint density at radius 2 is 0.870 bits per heavy atom. The minimum absolute atomic E-state index is 0.0311. The first-order chi connectivity index (χ1) is 26.5. The van der Waals surface area contributed by atoms with Crippen LogP contribution in [0.1, 0.15) is 245 Å². The molecule has 2 unspecified atom stereocenters. The van der Waals surface area contributed by atoms with Crippen LogP contribution in [0.3, 0.4) is 0 Å². The molecule has 0 aliphatic heterocycles. The molecule has 0 spiro atoms. The van der Waals surface area contributed by atoms with E-state index in [1.54, 1.807) is 0 Å². The number of nitrogens with one attached hydrogen (secondary N) is 1. The summed E-state index contributed by atoms with van der Waals surface area (Å²) < 4.78 is 5.43. The zero-order chi connectivity index (χ0) is 39.4. The maximum absolute atomic E-state index is 12.4. The first-order valence-corrected chi connectivity index (χ1v) is 23.6. The topological polar surface area (TPSA) is 95.9 Å². The Bertz CT molecular complexity index is 843. The second-order valence-electron chi connectivity index (χ2n) is 16.1. The van der Waals surface area contributed by atoms with Crippen molar-refractivity contribution in [2.45, 2.75) is 257 Å². The first-order valence-electron chi connectivity index (χ1n) is 23.6. The zero-order valence-corrected chi connectivity index (χ0v) is 36.0. The molecule has 0 aromatic heterocycles. The van der Waals surface area contributed by atoms with Gasteiger partial charge in [0.2, 0.25) is 5.91 Å². The van der Waals surface area contributed by atoms with Gasteiger partial charge in [-0.15, -0.1) is 0 Å². The summed E-state index contributed by atoms with van der Waals surface area (Å²) in [5, 5.41) is 23.0. The van der Waals surface area contributed by atoms with Crippen LogP contribution in [-0.2, 0) is 14.3 Å². The van der Waals surface area contributed by atoms with Gasteiger partial charge in [0.15, 0.2) is 0 Å². The maximum atomic E-state index is 12.4. The SMILES string of the molecule is CCCCCCCCC/C=C\CCCCCCCC(=O)OCCCCC/C=C\CCCCCCCC(=O)NC(CO)C(O)CCCCCCCCCCC. The number of hydrogen-bond donors (Lipinski definition) is 3. The monoisotopic (exact) mass is 762 g/mol. The van der Waals surface area contributed by atoms with Gasteiger partial charge in [0.25, 0.3) is 0 Å². The summed E-state index contributed by atoms with van der Waals surface area (Å²) in [5.41, 5.74) is 0. The molecule has 0 radical (unpaired) electrons. The summed E-state index contributed by atoms with van der Waals surface area (Å²) >= 11 is 0. The fraction of sp³-hybridized carbons (Fsp3) is 0.875. The van der Waals surface area contributed by atoms with Crippen LogP contribution in [0, 0.1) is 0 Å². The van der Waals surface area contributed by atoms with Crippen LogP contribution in [0.15, 0.2) is 24.3 Å². The summed E-state index contributed by atoms with van der Waals surface area (Å²) in [5.74, 6) is -0.0957. The molecule has 54 heavy (non-hydrogen) atoms. The van der Waals surface area contributed by atoms with Crippen LogP contribution >= 0.6 is 0 Å². The van der Waals surface area contributed by atoms with Gasteiger partial charge in [-0.2, -0.15) is 0 Å². The van der Waals surface area contributed by atoms with E-state index >= 15 is 0 Å². The molecule has 0 aliphatic rings. The molecule has 6 nitrogen and oxygen atoms in total. The highest BCUT2D eigenvalue weighted by Crippen LogP contribution is 2.14. The summed E-state index contributed by atoms with van der Waals surface area (Å²) in [6.07, 6.45) is 50.0. The Kier molecular flexibility index (Phi) is 42.7. The molecule has 2 atom stereocenters. The predicted molar refractivity (Wildman–Crippen MR) is 232 cm³/mol. The Hall–Kier alpha value is -1.66. The second kappa shape index (κ2) is 44.1. The smallest absolute Gasteiger partial charge is 0.305 e. The molecule has 0 rings (SSSR count). The van der Waals surface area contributed by atoms with Crippen molar-refractivity contribution >= 4 is 11.9 Å². The summed E-state index contributed by atoms with van der Waals surface area (Å²) in [4.78, 5) is 24.4. The number of esters is 1. The van der Waals surface area contributed by atoms with E-state index in [-0.39, 0.29) is 18.5 Å². The lowest BCUT2D eigenvalue weighted by Gasteiger charge is -2.22. The zero-order valence-electron chi connectivity index (χ0n) is 36.0. The minimum atomic E-state index is -0.678. The molecule has 0 aliphatic carbocycles. The summed E-state index contributed by atoms with van der Waals surface area (Å²) in [7, 11) is 0. The number of carbonyl (C=O) groups excluding carboxylic acids is 2. The van der Waals surface area contributed by atoms with E-state index in [0.717, 1.165) is 77.0 Å². The third-order valence-electron chi connectivity index (χ3n) is 10.7. The number of aliphatic hydroxyl groups is 2. The first kappa shape index (κ1) is 52.3. The van der Waals surface area contributed by atoms with Crippen molar-refractivity contribution in [2.75, 3.05) is 13.2 Å². The molecule has 0 bridgehead atoms. The fourth-order valence-electron chi connectivity index (χ4n) is 7.04. The third kappa shape index (κ3) is 40.0. The van der Waals surface area contributed by atoms with Gasteiger partial charge in [0.1, 0.15) is 0 Å². The predicted octanol–water partition coefficient (Wildman–Crippen LogP) is 13.6. The van der Waals surface area contributed by atoms with E-state index in [2.05, 4.69) is 43.5 Å². The van der Waals surface area contributed by atoms with Crippen LogP contribution in [-0.4, -0.2) is 47.4 Å². The lowest BCUT2D eigenvalue weighted by Crippen LogP contribution is -2.45. The number of hydrogen-bond acceptors (Lipinski definition) is 5. The summed E-state index contributed by atoms with van der Waals surface area (Å²) in [6, 6.07) is -0.558. The largest absolute Gasteiger partial charge is 0.466 e. The van der Waals surface area contributed by atoms with E-state index < -0.39 is 12.1 Å². The van der Waals surface area contributed by atoms with E-state index in [4.69, 9.17) is 4.74 Å². The molecule has 0 heterocycles. The average Bonchev–Trinajstić information content (AvgIpc) is 3.17. The molecule has 0 fully saturated rings. The van der Waals surface area contributed by atoms with Crippen molar-refractivity contribution in [1.29, 1.82) is 0 Å². The fourth-order valence-corrected chi connectivity index (χ4v) is 7.04. The Balaban J connectivity index is 3.49. The van der Waals surface area contributed by atoms with Gasteiger partial charge < -0.3 is 20.3 Å². The van der Waals surface area contributed by atoms with Gasteiger partial charge in [0, 0.05) is 12.8 Å². The highest BCUT2D eigenvalue weighted by Gasteiger charge is 2.20. The van der Waals surface area contributed by atoms with Gasteiger partial charge in [-0.1, -0.05) is 173 Å². The number of amides is 1. The molecule has 0 saturated heterocycles. The van der Waals surface area contributed by atoms with Crippen LogP contribution in [0.5, 0.6) is 0 Å². The quantitative estimate of drug-likeness (QED) is 0.0327. The van der Waals surface area contributed by atoms with Crippen LogP contribution in [0.2, 0.25) is 0 Å². The molecule has 3 N–H and O–H groups in total. The molecule has 0 aromatic carbocycles. The lowest BCUT2D eigenvalue weighted by atomic mass is 10.0. The molecular formula is C48H91NO5. The number of unbranched alkanes of at least 4 members (excludes halogenated alkanes) is 28. The highest BCUT2D eigenvalue weighted by molar-refractivity contribution is 5.76. The highest BCUT2D eigenvalue weighted by atomic mass is 16.5. The summed E-state index contributed by atoms with van der Waals surface area (Å²) in [6.45, 7) is 4.85. The van der Waals surface area contributed by atoms with Crippen LogP contribution in [0.4, 0.5) is 0 Å². The van der Waals surface area contributed by atoms with Crippen molar-refractivity contribution in [3.8, 4) is 0 Å². The van der Waals surface area contributed by atoms with Gasteiger partial charge in [-0.05, 0) is 83.5 Å². The number of rotatable bonds is 43. The minimum Gasteiger partial charge on any atom is -0.466 e. The van der Waals surface area contributed by atoms with Crippen molar-refractivity contribution < 1.29 is 24.5 Å². The van der Waals surface area contributed by atoms with Crippen molar-refractivity contribution in [2.24, 2.45) is 0 Å². The third-order valence-corrected chi connectivity index (χ3v) is 10.7. The number of carbonyl (C=O) groups is 2. The Morgan fingerprint density at radius 1 is 0.500 bits per heavy atom. The Morgan fingerprint density at radius 3 is 1.31 bits per heavy atom. The van der Waals surface area contributed by atoms with Crippen molar-refractivity contribution in [3.63, 3.8) is 0 Å². The number of ether oxygens (including phenoxy) is 1. The van der Waals surface area contributed by atoms with Gasteiger partial charge in [0.05, 0.1) is 25.4 Å². The van der Waals surface area contributed by atoms with Crippen molar-refractivity contribution in [1.82, 2.24) is 5.32 Å². The second-order valence-corrected chi connectivity index (χ2v) is 16.1. The molecule has 1 amide bonds. The molecule has 6 heteroatoms. The van der Waals surface area contributed by atoms with Crippen molar-refractivity contribution in [3.05, 3.63) is 24.3 Å². The van der Waals surface area contributed by atoms with E-state index in [0.29, 0.717) is 25.9 Å². The maximum Gasteiger partial charge on any atom is 0.305 e. The van der Waals surface area contributed by atoms with E-state index in [1.807, 2.05) is 0 Å². The normalized spacial score (nSPS) is 12.9. The average molecular weight is 762 g/mol. The Labute approximate surface area is 335 Å². The van der Waals surface area contributed by atoms with Gasteiger partial charge >= 0.3 is 5.97 Å². The van der Waals surface area contributed by atoms with E-state index in [9.17, 15) is 19.8 Å². The van der Waals surface area contributed by atoms with E-state index in [1.165, 1.54) is 135 Å². The molecular weight excluding hydrogens is 671 g/mol. The molecule has 0 aromatic rings.